The van der Waals surface area contributed by atoms with Crippen molar-refractivity contribution < 1.29 is 37.6 Å². The van der Waals surface area contributed by atoms with Crippen molar-refractivity contribution in [2.75, 3.05) is 26.4 Å². The normalized spacial score (nSPS) is 13.2. The summed E-state index contributed by atoms with van der Waals surface area (Å²) >= 11 is 0. The van der Waals surface area contributed by atoms with Crippen molar-refractivity contribution >= 4 is 19.8 Å². The molecule has 0 rings (SSSR count). The van der Waals surface area contributed by atoms with E-state index in [0.29, 0.717) is 6.42 Å². The highest BCUT2D eigenvalue weighted by atomic mass is 31.2. The Morgan fingerprint density at radius 3 is 1.20 bits per heavy atom. The Morgan fingerprint density at radius 2 is 0.831 bits per heavy atom. The summed E-state index contributed by atoms with van der Waals surface area (Å²) in [6, 6.07) is 0. The van der Waals surface area contributed by atoms with Crippen LogP contribution in [0.3, 0.4) is 0 Å². The lowest BCUT2D eigenvalue weighted by molar-refractivity contribution is -0.161. The highest BCUT2D eigenvalue weighted by Crippen LogP contribution is 2.43. The monoisotopic (exact) mass is 858 g/mol. The predicted octanol–water partition coefficient (Wildman–Crippen LogP) is 15.0. The van der Waals surface area contributed by atoms with Crippen molar-refractivity contribution in [3.05, 3.63) is 12.2 Å². The molecule has 0 bridgehead atoms. The van der Waals surface area contributed by atoms with E-state index in [1.165, 1.54) is 193 Å². The van der Waals surface area contributed by atoms with Crippen molar-refractivity contribution in [3.8, 4) is 0 Å². The molecule has 0 amide bonds. The summed E-state index contributed by atoms with van der Waals surface area (Å²) < 4.78 is 32.9. The zero-order valence-corrected chi connectivity index (χ0v) is 39.7. The summed E-state index contributed by atoms with van der Waals surface area (Å²) in [6.45, 7) is 3.78. The second-order valence-electron chi connectivity index (χ2n) is 17.0. The van der Waals surface area contributed by atoms with Gasteiger partial charge in [0.25, 0.3) is 0 Å². The Bertz CT molecular complexity index is 980. The van der Waals surface area contributed by atoms with Gasteiger partial charge in [-0.1, -0.05) is 219 Å². The SMILES string of the molecule is CCCCCCCC/C=C\CCCCCCCCCCCCCC(=O)O[C@H](COC(=O)CCCCCCCCCCCCCCCCCCC)COP(=O)(O)OCCN. The number of nitrogens with two attached hydrogens (primary N) is 1. The smallest absolute Gasteiger partial charge is 0.462 e. The third kappa shape index (κ3) is 46.1. The first-order valence-electron chi connectivity index (χ1n) is 25.2. The van der Waals surface area contributed by atoms with Gasteiger partial charge in [-0.15, -0.1) is 0 Å². The topological polar surface area (TPSA) is 134 Å². The molecule has 0 aromatic carbocycles. The standard InChI is InChI=1S/C49H96NO8P/c1-3-5-7-9-11-13-15-17-19-21-22-23-24-26-28-30-32-34-36-38-40-42-49(52)58-47(46-57-59(53,54)56-44-43-50)45-55-48(51)41-39-37-35-33-31-29-27-25-20-18-16-14-12-10-8-6-4-2/h17,19,47H,3-16,18,20-46,50H2,1-2H3,(H,53,54)/b19-17-/t47-/m1/s1. The van der Waals surface area contributed by atoms with E-state index in [1.807, 2.05) is 0 Å². The fourth-order valence-electron chi connectivity index (χ4n) is 7.40. The lowest BCUT2D eigenvalue weighted by atomic mass is 10.0. The fourth-order valence-corrected chi connectivity index (χ4v) is 8.16. The lowest BCUT2D eigenvalue weighted by Crippen LogP contribution is -2.29. The number of hydrogen-bond acceptors (Lipinski definition) is 8. The van der Waals surface area contributed by atoms with Crippen molar-refractivity contribution in [2.24, 2.45) is 5.73 Å². The van der Waals surface area contributed by atoms with Gasteiger partial charge in [0.05, 0.1) is 13.2 Å². The third-order valence-electron chi connectivity index (χ3n) is 11.2. The molecule has 0 aromatic rings. The fraction of sp³-hybridized carbons (Fsp3) is 0.918. The van der Waals surface area contributed by atoms with Crippen molar-refractivity contribution in [2.45, 2.75) is 264 Å². The van der Waals surface area contributed by atoms with Crippen molar-refractivity contribution in [1.82, 2.24) is 0 Å². The Labute approximate surface area is 364 Å². The van der Waals surface area contributed by atoms with Gasteiger partial charge in [-0.2, -0.15) is 0 Å². The third-order valence-corrected chi connectivity index (χ3v) is 12.1. The number of allylic oxidation sites excluding steroid dienone is 2. The van der Waals surface area contributed by atoms with Crippen LogP contribution in [0.2, 0.25) is 0 Å². The second kappa shape index (κ2) is 46.3. The molecule has 10 heteroatoms. The molecule has 0 radical (unpaired) electrons. The number of carbonyl (C=O) groups excluding carboxylic acids is 2. The minimum Gasteiger partial charge on any atom is -0.462 e. The van der Waals surface area contributed by atoms with E-state index < -0.39 is 26.5 Å². The molecular weight excluding hydrogens is 762 g/mol. The van der Waals surface area contributed by atoms with Gasteiger partial charge >= 0.3 is 19.8 Å². The maximum atomic E-state index is 12.6. The van der Waals surface area contributed by atoms with Gasteiger partial charge in [0.15, 0.2) is 6.10 Å². The Morgan fingerprint density at radius 1 is 0.492 bits per heavy atom. The number of hydrogen-bond donors (Lipinski definition) is 2. The second-order valence-corrected chi connectivity index (χ2v) is 18.5. The molecule has 3 N–H and O–H groups in total. The lowest BCUT2D eigenvalue weighted by Gasteiger charge is -2.19. The zero-order chi connectivity index (χ0) is 43.2. The van der Waals surface area contributed by atoms with E-state index in [0.717, 1.165) is 32.1 Å². The van der Waals surface area contributed by atoms with E-state index in [4.69, 9.17) is 24.3 Å². The maximum Gasteiger partial charge on any atom is 0.472 e. The van der Waals surface area contributed by atoms with Crippen LogP contribution in [0.25, 0.3) is 0 Å². The van der Waals surface area contributed by atoms with E-state index in [-0.39, 0.29) is 38.6 Å². The summed E-state index contributed by atoms with van der Waals surface area (Å²) in [5, 5.41) is 0. The molecule has 2 atom stereocenters. The molecule has 0 heterocycles. The molecule has 350 valence electrons. The first-order valence-corrected chi connectivity index (χ1v) is 26.7. The Hall–Kier alpha value is -1.25. The van der Waals surface area contributed by atoms with Gasteiger partial charge in [-0.25, -0.2) is 4.57 Å². The van der Waals surface area contributed by atoms with Crippen LogP contribution in [0.5, 0.6) is 0 Å². The van der Waals surface area contributed by atoms with Gasteiger partial charge < -0.3 is 20.1 Å². The van der Waals surface area contributed by atoms with Crippen LogP contribution in [0.4, 0.5) is 0 Å². The number of phosphoric acid groups is 1. The molecule has 0 aliphatic carbocycles. The van der Waals surface area contributed by atoms with Crippen LogP contribution in [0.1, 0.15) is 258 Å². The van der Waals surface area contributed by atoms with Gasteiger partial charge in [0.2, 0.25) is 0 Å². The van der Waals surface area contributed by atoms with Crippen LogP contribution in [-0.2, 0) is 32.7 Å². The van der Waals surface area contributed by atoms with Gasteiger partial charge in [-0.05, 0) is 38.5 Å². The summed E-state index contributed by atoms with van der Waals surface area (Å²) in [7, 11) is -4.38. The van der Waals surface area contributed by atoms with Gasteiger partial charge in [0.1, 0.15) is 6.61 Å². The van der Waals surface area contributed by atoms with Crippen molar-refractivity contribution in [3.63, 3.8) is 0 Å². The molecule has 1 unspecified atom stereocenters. The largest absolute Gasteiger partial charge is 0.472 e. The summed E-state index contributed by atoms with van der Waals surface area (Å²) in [6.07, 6.45) is 49.6. The molecule has 0 fully saturated rings. The van der Waals surface area contributed by atoms with Gasteiger partial charge in [-0.3, -0.25) is 18.6 Å². The maximum absolute atomic E-state index is 12.6. The molecule has 0 saturated carbocycles. The van der Waals surface area contributed by atoms with Crippen LogP contribution in [0.15, 0.2) is 12.2 Å². The van der Waals surface area contributed by atoms with Gasteiger partial charge in [0, 0.05) is 19.4 Å². The number of esters is 2. The Balaban J connectivity index is 4.02. The molecule has 0 spiro atoms. The van der Waals surface area contributed by atoms with E-state index in [1.54, 1.807) is 0 Å². The first kappa shape index (κ1) is 57.8. The number of carbonyl (C=O) groups is 2. The molecule has 0 aromatic heterocycles. The number of unbranched alkanes of at least 4 members (excludes halogenated alkanes) is 33. The molecule has 0 aliphatic rings. The highest BCUT2D eigenvalue weighted by Gasteiger charge is 2.26. The molecule has 59 heavy (non-hydrogen) atoms. The molecule has 9 nitrogen and oxygen atoms in total. The molecular formula is C49H96NO8P. The molecule has 0 aliphatic heterocycles. The van der Waals surface area contributed by atoms with Crippen molar-refractivity contribution in [1.29, 1.82) is 0 Å². The number of rotatable bonds is 48. The highest BCUT2D eigenvalue weighted by molar-refractivity contribution is 7.47. The van der Waals surface area contributed by atoms with Crippen LogP contribution in [-0.4, -0.2) is 49.3 Å². The molecule has 0 saturated heterocycles. The summed E-state index contributed by atoms with van der Waals surface area (Å²) in [5.41, 5.74) is 5.36. The quantitative estimate of drug-likeness (QED) is 0.0265. The number of ether oxygens (including phenoxy) is 2. The zero-order valence-electron chi connectivity index (χ0n) is 38.8. The van der Waals surface area contributed by atoms with Crippen LogP contribution in [0, 0.1) is 0 Å². The van der Waals surface area contributed by atoms with E-state index >= 15 is 0 Å². The average molecular weight is 858 g/mol. The summed E-state index contributed by atoms with van der Waals surface area (Å²) in [4.78, 5) is 35.0. The number of phosphoric ester groups is 1. The predicted molar refractivity (Wildman–Crippen MR) is 248 cm³/mol. The first-order chi connectivity index (χ1) is 28.8. The summed E-state index contributed by atoms with van der Waals surface area (Å²) in [5.74, 6) is -0.813. The minimum atomic E-state index is -4.38. The Kier molecular flexibility index (Phi) is 45.3. The minimum absolute atomic E-state index is 0.0566. The van der Waals surface area contributed by atoms with E-state index in [2.05, 4.69) is 26.0 Å². The van der Waals surface area contributed by atoms with Crippen LogP contribution < -0.4 is 5.73 Å². The average Bonchev–Trinajstić information content (AvgIpc) is 3.22. The van der Waals surface area contributed by atoms with Crippen LogP contribution >= 0.6 is 7.82 Å². The van der Waals surface area contributed by atoms with E-state index in [9.17, 15) is 19.0 Å².